The fraction of sp³-hybridized carbons (Fsp3) is 0.467. The molecule has 0 unspecified atom stereocenters. The van der Waals surface area contributed by atoms with Crippen LogP contribution in [0.15, 0.2) is 47.2 Å². The average Bonchev–Trinajstić information content (AvgIpc) is 3.69. The minimum atomic E-state index is -0.0663. The molecular formula is C30H34N6O2S. The van der Waals surface area contributed by atoms with Gasteiger partial charge < -0.3 is 9.26 Å². The van der Waals surface area contributed by atoms with Crippen molar-refractivity contribution in [3.05, 3.63) is 54.3 Å². The highest BCUT2D eigenvalue weighted by Crippen LogP contribution is 2.36. The van der Waals surface area contributed by atoms with Crippen LogP contribution in [0, 0.1) is 0 Å². The third-order valence-electron chi connectivity index (χ3n) is 8.23. The first-order valence-electron chi connectivity index (χ1n) is 14.0. The fourth-order valence-electron chi connectivity index (χ4n) is 5.86. The molecule has 5 aromatic rings. The lowest BCUT2D eigenvalue weighted by atomic mass is 9.84. The number of ether oxygens (including phenoxy) is 1. The van der Waals surface area contributed by atoms with Crippen LogP contribution >= 0.6 is 11.3 Å². The molecule has 1 aromatic carbocycles. The van der Waals surface area contributed by atoms with Crippen molar-refractivity contribution in [1.29, 1.82) is 0 Å². The largest absolute Gasteiger partial charge is 0.379 e. The molecule has 2 aliphatic rings. The van der Waals surface area contributed by atoms with Gasteiger partial charge in [0.1, 0.15) is 27.6 Å². The molecule has 202 valence electrons. The molecule has 0 N–H and O–H groups in total. The van der Waals surface area contributed by atoms with Crippen LogP contribution in [0.5, 0.6) is 0 Å². The lowest BCUT2D eigenvalue weighted by Crippen LogP contribution is -2.44. The van der Waals surface area contributed by atoms with Gasteiger partial charge in [0.05, 0.1) is 25.1 Å². The molecule has 2 fully saturated rings. The average molecular weight is 543 g/mol. The Morgan fingerprint density at radius 1 is 0.923 bits per heavy atom. The van der Waals surface area contributed by atoms with E-state index in [1.54, 1.807) is 11.3 Å². The summed E-state index contributed by atoms with van der Waals surface area (Å²) >= 11 is 1.64. The maximum atomic E-state index is 5.56. The zero-order valence-corrected chi connectivity index (χ0v) is 23.6. The van der Waals surface area contributed by atoms with Crippen molar-refractivity contribution in [2.24, 2.45) is 0 Å². The van der Waals surface area contributed by atoms with Gasteiger partial charge >= 0.3 is 0 Å². The maximum Gasteiger partial charge on any atom is 0.196 e. The van der Waals surface area contributed by atoms with Crippen LogP contribution in [-0.2, 0) is 10.2 Å². The lowest BCUT2D eigenvalue weighted by molar-refractivity contribution is 0.00712. The Hall–Kier alpha value is -3.14. The van der Waals surface area contributed by atoms with Crippen molar-refractivity contribution in [2.45, 2.75) is 63.8 Å². The summed E-state index contributed by atoms with van der Waals surface area (Å²) in [6.45, 7) is 10.2. The topological polar surface area (TPSA) is 81.6 Å². The Morgan fingerprint density at radius 3 is 2.33 bits per heavy atom. The van der Waals surface area contributed by atoms with E-state index in [0.717, 1.165) is 88.6 Å². The number of nitrogens with zero attached hydrogens (tertiary/aromatic N) is 6. The zero-order valence-electron chi connectivity index (χ0n) is 22.8. The third kappa shape index (κ3) is 4.77. The normalized spacial score (nSPS) is 21.2. The first-order chi connectivity index (χ1) is 18.9. The zero-order chi connectivity index (χ0) is 26.6. The molecule has 0 spiro atoms. The molecule has 1 saturated carbocycles. The van der Waals surface area contributed by atoms with Crippen LogP contribution in [0.2, 0.25) is 0 Å². The Balaban J connectivity index is 1.07. The SMILES string of the molecule is CC(C)(C)c1cc(-c2ccc(-c3cn4c(n3)sc3nc(C5CCC(N6CCOCC6)CC5)ncc34)cc2)no1. The molecule has 8 nitrogen and oxygen atoms in total. The highest BCUT2D eigenvalue weighted by molar-refractivity contribution is 7.23. The summed E-state index contributed by atoms with van der Waals surface area (Å²) in [5.41, 5.74) is 4.85. The van der Waals surface area contributed by atoms with Gasteiger partial charge in [-0.3, -0.25) is 9.30 Å². The summed E-state index contributed by atoms with van der Waals surface area (Å²) in [6.07, 6.45) is 8.82. The van der Waals surface area contributed by atoms with Crippen molar-refractivity contribution in [3.63, 3.8) is 0 Å². The molecular weight excluding hydrogens is 508 g/mol. The lowest BCUT2D eigenvalue weighted by Gasteiger charge is -2.38. The summed E-state index contributed by atoms with van der Waals surface area (Å²) in [5.74, 6) is 2.32. The standard InChI is InChI=1S/C30H34N6O2S/c1-30(2,3)26-16-23(34-38-26)19-4-6-20(7-5-19)24-18-36-25-17-31-27(33-28(25)39-29(36)32-24)21-8-10-22(11-9-21)35-12-14-37-15-13-35/h4-7,16-18,21-22H,8-15H2,1-3H3. The number of fused-ring (bicyclic) bond motifs is 3. The van der Waals surface area contributed by atoms with Gasteiger partial charge in [-0.15, -0.1) is 0 Å². The van der Waals surface area contributed by atoms with E-state index < -0.39 is 0 Å². The number of imidazole rings is 1. The van der Waals surface area contributed by atoms with Gasteiger partial charge in [-0.2, -0.15) is 0 Å². The number of morpholine rings is 1. The summed E-state index contributed by atoms with van der Waals surface area (Å²) in [4.78, 5) is 19.3. The predicted molar refractivity (Wildman–Crippen MR) is 153 cm³/mol. The van der Waals surface area contributed by atoms with Crippen LogP contribution in [0.1, 0.15) is 64.0 Å². The van der Waals surface area contributed by atoms with Crippen molar-refractivity contribution in [1.82, 2.24) is 29.4 Å². The number of aromatic nitrogens is 5. The first-order valence-corrected chi connectivity index (χ1v) is 14.8. The van der Waals surface area contributed by atoms with Gasteiger partial charge in [0.25, 0.3) is 0 Å². The van der Waals surface area contributed by atoms with Crippen molar-refractivity contribution in [3.8, 4) is 22.5 Å². The Morgan fingerprint density at radius 2 is 1.64 bits per heavy atom. The van der Waals surface area contributed by atoms with E-state index >= 15 is 0 Å². The second kappa shape index (κ2) is 9.80. The summed E-state index contributed by atoms with van der Waals surface area (Å²) in [5, 5.41) is 4.27. The van der Waals surface area contributed by atoms with Gasteiger partial charge in [0, 0.05) is 53.9 Å². The van der Waals surface area contributed by atoms with E-state index in [2.05, 4.69) is 65.7 Å². The number of rotatable bonds is 4. The van der Waals surface area contributed by atoms with Crippen LogP contribution in [0.3, 0.4) is 0 Å². The van der Waals surface area contributed by atoms with E-state index in [1.165, 1.54) is 12.8 Å². The minimum Gasteiger partial charge on any atom is -0.379 e. The third-order valence-corrected chi connectivity index (χ3v) is 9.19. The molecule has 1 aliphatic heterocycles. The maximum absolute atomic E-state index is 5.56. The Kier molecular flexibility index (Phi) is 6.25. The molecule has 7 rings (SSSR count). The van der Waals surface area contributed by atoms with Crippen molar-refractivity contribution in [2.75, 3.05) is 26.3 Å². The van der Waals surface area contributed by atoms with E-state index in [4.69, 9.17) is 24.2 Å². The number of hydrogen-bond donors (Lipinski definition) is 0. The Labute approximate surface area is 232 Å². The molecule has 1 aliphatic carbocycles. The number of hydrogen-bond acceptors (Lipinski definition) is 8. The van der Waals surface area contributed by atoms with Crippen LogP contribution < -0.4 is 0 Å². The van der Waals surface area contributed by atoms with Gasteiger partial charge in [-0.05, 0) is 25.7 Å². The van der Waals surface area contributed by atoms with Crippen molar-refractivity contribution >= 4 is 26.6 Å². The molecule has 4 aromatic heterocycles. The van der Waals surface area contributed by atoms with Crippen LogP contribution in [0.25, 0.3) is 37.8 Å². The van der Waals surface area contributed by atoms with E-state index in [9.17, 15) is 0 Å². The first kappa shape index (κ1) is 24.9. The van der Waals surface area contributed by atoms with E-state index in [1.807, 2.05) is 12.3 Å². The smallest absolute Gasteiger partial charge is 0.196 e. The van der Waals surface area contributed by atoms with Crippen LogP contribution in [0.4, 0.5) is 0 Å². The van der Waals surface area contributed by atoms with E-state index in [0.29, 0.717) is 12.0 Å². The van der Waals surface area contributed by atoms with Gasteiger partial charge in [-0.1, -0.05) is 61.5 Å². The molecule has 5 heterocycles. The molecule has 1 saturated heterocycles. The second-order valence-electron chi connectivity index (χ2n) is 11.9. The molecule has 0 radical (unpaired) electrons. The molecule has 9 heteroatoms. The van der Waals surface area contributed by atoms with Crippen LogP contribution in [-0.4, -0.2) is 61.8 Å². The molecule has 0 atom stereocenters. The number of benzene rings is 1. The summed E-state index contributed by atoms with van der Waals surface area (Å²) < 4.78 is 13.2. The quantitative estimate of drug-likeness (QED) is 0.263. The van der Waals surface area contributed by atoms with Gasteiger partial charge in [-0.25, -0.2) is 15.0 Å². The van der Waals surface area contributed by atoms with Gasteiger partial charge in [0.15, 0.2) is 4.96 Å². The highest BCUT2D eigenvalue weighted by atomic mass is 32.1. The van der Waals surface area contributed by atoms with E-state index in [-0.39, 0.29) is 5.41 Å². The van der Waals surface area contributed by atoms with Gasteiger partial charge in [0.2, 0.25) is 0 Å². The fourth-order valence-corrected chi connectivity index (χ4v) is 6.82. The molecule has 39 heavy (non-hydrogen) atoms. The second-order valence-corrected chi connectivity index (χ2v) is 12.8. The number of thiazole rings is 1. The Bertz CT molecular complexity index is 1600. The minimum absolute atomic E-state index is 0.0663. The molecule has 0 bridgehead atoms. The summed E-state index contributed by atoms with van der Waals surface area (Å²) in [6, 6.07) is 11.1. The predicted octanol–water partition coefficient (Wildman–Crippen LogP) is 6.32. The van der Waals surface area contributed by atoms with Crippen molar-refractivity contribution < 1.29 is 9.26 Å². The molecule has 0 amide bonds. The highest BCUT2D eigenvalue weighted by Gasteiger charge is 2.29. The monoisotopic (exact) mass is 542 g/mol. The summed E-state index contributed by atoms with van der Waals surface area (Å²) in [7, 11) is 0.